The van der Waals surface area contributed by atoms with Crippen LogP contribution in [-0.2, 0) is 20.9 Å². The Morgan fingerprint density at radius 2 is 1.79 bits per heavy atom. The van der Waals surface area contributed by atoms with Crippen molar-refractivity contribution in [1.29, 1.82) is 0 Å². The first-order valence-electron chi connectivity index (χ1n) is 10.5. The summed E-state index contributed by atoms with van der Waals surface area (Å²) in [6.45, 7) is 4.15. The Kier molecular flexibility index (Phi) is 8.21. The van der Waals surface area contributed by atoms with E-state index in [1.807, 2.05) is 42.8 Å². The molecule has 9 heteroatoms. The number of nitrogens with zero attached hydrogens (tertiary/aromatic N) is 2. The minimum atomic E-state index is -0.538. The molecular weight excluding hydrogens is 456 g/mol. The minimum Gasteiger partial charge on any atom is -0.468 e. The molecule has 2 amide bonds. The van der Waals surface area contributed by atoms with Crippen molar-refractivity contribution in [1.82, 2.24) is 15.1 Å². The van der Waals surface area contributed by atoms with Crippen molar-refractivity contribution in [3.8, 4) is 0 Å². The molecular formula is C25H25ClN4O4. The number of carbonyl (C=O) groups is 3. The molecule has 0 radical (unpaired) electrons. The van der Waals surface area contributed by atoms with Crippen LogP contribution in [0, 0.1) is 13.8 Å². The van der Waals surface area contributed by atoms with Crippen LogP contribution < -0.4 is 10.6 Å². The number of hydrogen-bond donors (Lipinski definition) is 2. The van der Waals surface area contributed by atoms with Gasteiger partial charge < -0.3 is 15.4 Å². The smallest absolute Gasteiger partial charge is 0.325 e. The van der Waals surface area contributed by atoms with Crippen molar-refractivity contribution >= 4 is 41.1 Å². The highest BCUT2D eigenvalue weighted by Gasteiger charge is 2.12. The van der Waals surface area contributed by atoms with Gasteiger partial charge in [0, 0.05) is 33.6 Å². The molecule has 0 spiro atoms. The number of rotatable bonds is 8. The van der Waals surface area contributed by atoms with Gasteiger partial charge in [0.25, 0.3) is 5.91 Å². The van der Waals surface area contributed by atoms with Gasteiger partial charge in [-0.1, -0.05) is 29.8 Å². The summed E-state index contributed by atoms with van der Waals surface area (Å²) < 4.78 is 6.34. The second-order valence-electron chi connectivity index (χ2n) is 7.49. The Bertz CT molecular complexity index is 1230. The third kappa shape index (κ3) is 6.32. The summed E-state index contributed by atoms with van der Waals surface area (Å²) in [4.78, 5) is 35.6. The number of aromatic nitrogens is 2. The highest BCUT2D eigenvalue weighted by Crippen LogP contribution is 2.20. The van der Waals surface area contributed by atoms with Gasteiger partial charge in [0.05, 0.1) is 19.3 Å². The predicted octanol–water partition coefficient (Wildman–Crippen LogP) is 3.76. The van der Waals surface area contributed by atoms with Gasteiger partial charge in [-0.25, -0.2) is 0 Å². The van der Waals surface area contributed by atoms with E-state index in [1.165, 1.54) is 13.2 Å². The van der Waals surface area contributed by atoms with Crippen LogP contribution in [0.5, 0.6) is 0 Å². The molecule has 0 fully saturated rings. The summed E-state index contributed by atoms with van der Waals surface area (Å²) in [5.41, 5.74) is 4.43. The molecule has 2 aromatic carbocycles. The Balaban J connectivity index is 1.62. The second kappa shape index (κ2) is 11.3. The van der Waals surface area contributed by atoms with Crippen molar-refractivity contribution in [2.24, 2.45) is 0 Å². The molecule has 2 N–H and O–H groups in total. The molecule has 0 aliphatic heterocycles. The van der Waals surface area contributed by atoms with Crippen molar-refractivity contribution in [2.45, 2.75) is 20.4 Å². The molecule has 8 nitrogen and oxygen atoms in total. The van der Waals surface area contributed by atoms with E-state index in [-0.39, 0.29) is 12.5 Å². The zero-order valence-electron chi connectivity index (χ0n) is 19.1. The number of esters is 1. The molecule has 0 unspecified atom stereocenters. The summed E-state index contributed by atoms with van der Waals surface area (Å²) in [5.74, 6) is -1.27. The van der Waals surface area contributed by atoms with Gasteiger partial charge in [-0.15, -0.1) is 0 Å². The number of aryl methyl sites for hydroxylation is 1. The highest BCUT2D eigenvalue weighted by molar-refractivity contribution is 6.31. The summed E-state index contributed by atoms with van der Waals surface area (Å²) in [5, 5.41) is 10.5. The van der Waals surface area contributed by atoms with Gasteiger partial charge in [0.2, 0.25) is 5.91 Å². The van der Waals surface area contributed by atoms with Crippen LogP contribution in [-0.4, -0.2) is 41.2 Å². The van der Waals surface area contributed by atoms with Crippen LogP contribution in [0.1, 0.15) is 32.9 Å². The van der Waals surface area contributed by atoms with Crippen molar-refractivity contribution < 1.29 is 19.1 Å². The van der Waals surface area contributed by atoms with Gasteiger partial charge in [0.1, 0.15) is 6.54 Å². The van der Waals surface area contributed by atoms with Crippen LogP contribution in [0.25, 0.3) is 6.08 Å². The van der Waals surface area contributed by atoms with Gasteiger partial charge in [0.15, 0.2) is 0 Å². The van der Waals surface area contributed by atoms with Crippen LogP contribution in [0.3, 0.4) is 0 Å². The largest absolute Gasteiger partial charge is 0.468 e. The highest BCUT2D eigenvalue weighted by atomic mass is 35.5. The number of anilines is 1. The molecule has 34 heavy (non-hydrogen) atoms. The van der Waals surface area contributed by atoms with E-state index in [0.29, 0.717) is 22.8 Å². The average molecular weight is 481 g/mol. The number of benzene rings is 2. The van der Waals surface area contributed by atoms with E-state index >= 15 is 0 Å². The van der Waals surface area contributed by atoms with Gasteiger partial charge >= 0.3 is 5.97 Å². The van der Waals surface area contributed by atoms with Crippen molar-refractivity contribution in [3.05, 3.63) is 87.7 Å². The molecule has 176 valence electrons. The first-order valence-corrected chi connectivity index (χ1v) is 10.9. The number of hydrogen-bond acceptors (Lipinski definition) is 5. The summed E-state index contributed by atoms with van der Waals surface area (Å²) in [6.07, 6.45) is 3.17. The van der Waals surface area contributed by atoms with E-state index in [0.717, 1.165) is 22.5 Å². The molecule has 0 bridgehead atoms. The van der Waals surface area contributed by atoms with E-state index in [2.05, 4.69) is 20.5 Å². The van der Waals surface area contributed by atoms with E-state index in [9.17, 15) is 14.4 Å². The fourth-order valence-electron chi connectivity index (χ4n) is 3.27. The third-order valence-electron chi connectivity index (χ3n) is 5.15. The van der Waals surface area contributed by atoms with E-state index in [4.69, 9.17) is 11.6 Å². The molecule has 0 saturated carbocycles. The predicted molar refractivity (Wildman–Crippen MR) is 131 cm³/mol. The topological polar surface area (TPSA) is 102 Å². The summed E-state index contributed by atoms with van der Waals surface area (Å²) in [7, 11) is 1.25. The lowest BCUT2D eigenvalue weighted by atomic mass is 10.1. The van der Waals surface area contributed by atoms with Crippen LogP contribution in [0.15, 0.2) is 54.6 Å². The van der Waals surface area contributed by atoms with Crippen LogP contribution in [0.4, 0.5) is 5.69 Å². The lowest BCUT2D eigenvalue weighted by Crippen LogP contribution is -2.30. The third-order valence-corrected chi connectivity index (χ3v) is 5.52. The van der Waals surface area contributed by atoms with Gasteiger partial charge in [-0.2, -0.15) is 5.10 Å². The van der Waals surface area contributed by atoms with Crippen LogP contribution in [0.2, 0.25) is 5.02 Å². The number of nitrogens with one attached hydrogen (secondary N) is 2. The lowest BCUT2D eigenvalue weighted by Gasteiger charge is -2.07. The Morgan fingerprint density at radius 1 is 1.09 bits per heavy atom. The number of carbonyl (C=O) groups excluding carboxylic acids is 3. The Hall–Kier alpha value is -3.91. The number of ether oxygens (including phenoxy) is 1. The van der Waals surface area contributed by atoms with Crippen molar-refractivity contribution in [3.63, 3.8) is 0 Å². The SMILES string of the molecule is COC(=O)CNC(=O)c1ccc(NC(=O)/C=C/c2c(C)nn(Cc3ccccc3Cl)c2C)cc1. The normalized spacial score (nSPS) is 10.8. The molecule has 0 saturated heterocycles. The Labute approximate surface area is 202 Å². The molecule has 0 aliphatic rings. The van der Waals surface area contributed by atoms with Crippen LogP contribution >= 0.6 is 11.6 Å². The first kappa shape index (κ1) is 24.7. The molecule has 3 aromatic rings. The molecule has 0 aliphatic carbocycles. The zero-order chi connectivity index (χ0) is 24.7. The number of halogens is 1. The minimum absolute atomic E-state index is 0.216. The second-order valence-corrected chi connectivity index (χ2v) is 7.90. The summed E-state index contributed by atoms with van der Waals surface area (Å²) in [6, 6.07) is 13.9. The van der Waals surface area contributed by atoms with E-state index in [1.54, 1.807) is 30.3 Å². The summed E-state index contributed by atoms with van der Waals surface area (Å²) >= 11 is 6.27. The Morgan fingerprint density at radius 3 is 2.47 bits per heavy atom. The van der Waals surface area contributed by atoms with E-state index < -0.39 is 11.9 Å². The molecule has 0 atom stereocenters. The maximum absolute atomic E-state index is 12.4. The molecule has 3 rings (SSSR count). The fourth-order valence-corrected chi connectivity index (χ4v) is 3.46. The molecule has 1 aromatic heterocycles. The number of methoxy groups -OCH3 is 1. The van der Waals surface area contributed by atoms with Crippen molar-refractivity contribution in [2.75, 3.05) is 19.0 Å². The standard InChI is InChI=1S/C25H25ClN4O4/c1-16-21(17(2)30(29-16)15-19-6-4-5-7-22(19)26)12-13-23(31)28-20-10-8-18(9-11-20)25(33)27-14-24(32)34-3/h4-13H,14-15H2,1-3H3,(H,27,33)(H,28,31)/b13-12+. The average Bonchev–Trinajstić information content (AvgIpc) is 3.09. The number of amides is 2. The quantitative estimate of drug-likeness (QED) is 0.377. The van der Waals surface area contributed by atoms with Gasteiger partial charge in [-0.3, -0.25) is 19.1 Å². The monoisotopic (exact) mass is 480 g/mol. The van der Waals surface area contributed by atoms with Gasteiger partial charge in [-0.05, 0) is 55.8 Å². The molecule has 1 heterocycles. The maximum Gasteiger partial charge on any atom is 0.325 e. The fraction of sp³-hybridized carbons (Fsp3) is 0.200. The maximum atomic E-state index is 12.4. The lowest BCUT2D eigenvalue weighted by molar-refractivity contribution is -0.139. The zero-order valence-corrected chi connectivity index (χ0v) is 19.8. The first-order chi connectivity index (χ1) is 16.3.